The van der Waals surface area contributed by atoms with Gasteiger partial charge in [-0.25, -0.2) is 4.98 Å². The number of nitrogens with one attached hydrogen (secondary N) is 1. The van der Waals surface area contributed by atoms with Crippen molar-refractivity contribution in [2.45, 2.75) is 25.9 Å². The normalized spacial score (nSPS) is 12.9. The molecule has 1 atom stereocenters. The van der Waals surface area contributed by atoms with Gasteiger partial charge in [0.05, 0.1) is 0 Å². The third kappa shape index (κ3) is 2.34. The van der Waals surface area contributed by atoms with Crippen molar-refractivity contribution in [3.05, 3.63) is 47.4 Å². The molecule has 2 aromatic heterocycles. The number of rotatable bonds is 5. The van der Waals surface area contributed by atoms with Gasteiger partial charge in [-0.15, -0.1) is 11.3 Å². The number of hydrogen-bond acceptors (Lipinski definition) is 4. The summed E-state index contributed by atoms with van der Waals surface area (Å²) < 4.78 is 3.29. The van der Waals surface area contributed by atoms with Gasteiger partial charge in [-0.05, 0) is 36.4 Å². The standard InChI is InChI=1S/C15H18N4S/c1-3-19-15(17-10-18-19)8-13(16-2)12-9-20-14-7-5-4-6-11(12)14/h4-7,9-10,13,16H,3,8H2,1-2H3. The van der Waals surface area contributed by atoms with Gasteiger partial charge in [-0.3, -0.25) is 4.68 Å². The van der Waals surface area contributed by atoms with E-state index in [0.29, 0.717) is 0 Å². The van der Waals surface area contributed by atoms with E-state index in [0.717, 1.165) is 18.8 Å². The zero-order chi connectivity index (χ0) is 13.9. The topological polar surface area (TPSA) is 42.7 Å². The van der Waals surface area contributed by atoms with Crippen LogP contribution in [0.3, 0.4) is 0 Å². The van der Waals surface area contributed by atoms with Gasteiger partial charge in [0.1, 0.15) is 12.2 Å². The van der Waals surface area contributed by atoms with Gasteiger partial charge in [0.2, 0.25) is 0 Å². The largest absolute Gasteiger partial charge is 0.313 e. The summed E-state index contributed by atoms with van der Waals surface area (Å²) in [4.78, 5) is 4.38. The van der Waals surface area contributed by atoms with Gasteiger partial charge in [0, 0.05) is 23.7 Å². The quantitative estimate of drug-likeness (QED) is 0.784. The highest BCUT2D eigenvalue weighted by Crippen LogP contribution is 2.31. The summed E-state index contributed by atoms with van der Waals surface area (Å²) in [6, 6.07) is 8.81. The molecule has 5 heteroatoms. The number of fused-ring (bicyclic) bond motifs is 1. The summed E-state index contributed by atoms with van der Waals surface area (Å²) in [6.07, 6.45) is 2.49. The van der Waals surface area contributed by atoms with E-state index >= 15 is 0 Å². The maximum atomic E-state index is 4.38. The lowest BCUT2D eigenvalue weighted by molar-refractivity contribution is 0.537. The van der Waals surface area contributed by atoms with Crippen LogP contribution in [-0.4, -0.2) is 21.8 Å². The summed E-state index contributed by atoms with van der Waals surface area (Å²) in [5.41, 5.74) is 1.35. The van der Waals surface area contributed by atoms with E-state index in [1.807, 2.05) is 11.7 Å². The molecule has 0 aliphatic heterocycles. The maximum absolute atomic E-state index is 4.38. The Morgan fingerprint density at radius 3 is 3.00 bits per heavy atom. The summed E-state index contributed by atoms with van der Waals surface area (Å²) in [7, 11) is 2.00. The van der Waals surface area contributed by atoms with Crippen LogP contribution in [0.4, 0.5) is 0 Å². The van der Waals surface area contributed by atoms with Crippen molar-refractivity contribution >= 4 is 21.4 Å². The van der Waals surface area contributed by atoms with Crippen LogP contribution in [0.2, 0.25) is 0 Å². The predicted octanol–water partition coefficient (Wildman–Crippen LogP) is 3.02. The molecule has 0 spiro atoms. The maximum Gasteiger partial charge on any atom is 0.138 e. The molecule has 0 saturated heterocycles. The third-order valence-electron chi connectivity index (χ3n) is 3.62. The minimum atomic E-state index is 0.264. The molecule has 4 nitrogen and oxygen atoms in total. The summed E-state index contributed by atoms with van der Waals surface area (Å²) in [6.45, 7) is 2.95. The van der Waals surface area contributed by atoms with E-state index < -0.39 is 0 Å². The Morgan fingerprint density at radius 2 is 2.20 bits per heavy atom. The fourth-order valence-corrected chi connectivity index (χ4v) is 3.54. The van der Waals surface area contributed by atoms with Crippen molar-refractivity contribution in [2.24, 2.45) is 0 Å². The van der Waals surface area contributed by atoms with Gasteiger partial charge in [0.25, 0.3) is 0 Å². The molecule has 0 radical (unpaired) electrons. The SMILES string of the molecule is CCn1ncnc1CC(NC)c1csc2ccccc12. The first-order valence-electron chi connectivity index (χ1n) is 6.83. The van der Waals surface area contributed by atoms with Gasteiger partial charge < -0.3 is 5.32 Å². The second kappa shape index (κ2) is 5.73. The van der Waals surface area contributed by atoms with Gasteiger partial charge >= 0.3 is 0 Å². The minimum absolute atomic E-state index is 0.264. The van der Waals surface area contributed by atoms with Crippen LogP contribution in [0.1, 0.15) is 24.4 Å². The lowest BCUT2D eigenvalue weighted by Gasteiger charge is -2.15. The Labute approximate surface area is 122 Å². The molecule has 0 saturated carbocycles. The molecule has 3 aromatic rings. The third-order valence-corrected chi connectivity index (χ3v) is 4.60. The molecule has 20 heavy (non-hydrogen) atoms. The molecule has 2 heterocycles. The number of benzene rings is 1. The van der Waals surface area contributed by atoms with Crippen LogP contribution in [0, 0.1) is 0 Å². The molecule has 0 aliphatic rings. The number of hydrogen-bond donors (Lipinski definition) is 1. The fourth-order valence-electron chi connectivity index (χ4n) is 2.53. The zero-order valence-corrected chi connectivity index (χ0v) is 12.5. The second-order valence-corrected chi connectivity index (χ2v) is 5.64. The highest BCUT2D eigenvalue weighted by Gasteiger charge is 2.17. The molecule has 0 fully saturated rings. The summed E-state index contributed by atoms with van der Waals surface area (Å²) in [5, 5.41) is 11.2. The van der Waals surface area contributed by atoms with Gasteiger partial charge in [-0.1, -0.05) is 18.2 Å². The number of thiophene rings is 1. The molecule has 3 rings (SSSR count). The summed E-state index contributed by atoms with van der Waals surface area (Å²) >= 11 is 1.80. The van der Waals surface area contributed by atoms with E-state index in [4.69, 9.17) is 0 Å². The van der Waals surface area contributed by atoms with Gasteiger partial charge in [-0.2, -0.15) is 5.10 Å². The smallest absolute Gasteiger partial charge is 0.138 e. The Bertz CT molecular complexity index is 701. The zero-order valence-electron chi connectivity index (χ0n) is 11.7. The van der Waals surface area contributed by atoms with Crippen molar-refractivity contribution < 1.29 is 0 Å². The van der Waals surface area contributed by atoms with Crippen LogP contribution < -0.4 is 5.32 Å². The van der Waals surface area contributed by atoms with Crippen molar-refractivity contribution in [2.75, 3.05) is 7.05 Å². The van der Waals surface area contributed by atoms with Crippen LogP contribution in [0.15, 0.2) is 36.0 Å². The number of nitrogens with zero attached hydrogens (tertiary/aromatic N) is 3. The lowest BCUT2D eigenvalue weighted by Crippen LogP contribution is -2.20. The van der Waals surface area contributed by atoms with E-state index in [9.17, 15) is 0 Å². The second-order valence-electron chi connectivity index (χ2n) is 4.72. The molecule has 1 N–H and O–H groups in total. The molecular weight excluding hydrogens is 268 g/mol. The van der Waals surface area contributed by atoms with Crippen molar-refractivity contribution in [1.29, 1.82) is 0 Å². The molecule has 0 aliphatic carbocycles. The average Bonchev–Trinajstić information content (AvgIpc) is 3.11. The Kier molecular flexibility index (Phi) is 3.80. The van der Waals surface area contributed by atoms with Crippen molar-refractivity contribution in [3.63, 3.8) is 0 Å². The highest BCUT2D eigenvalue weighted by molar-refractivity contribution is 7.17. The first kappa shape index (κ1) is 13.3. The first-order chi connectivity index (χ1) is 9.83. The van der Waals surface area contributed by atoms with Crippen LogP contribution in [-0.2, 0) is 13.0 Å². The van der Waals surface area contributed by atoms with Crippen LogP contribution >= 0.6 is 11.3 Å². The van der Waals surface area contributed by atoms with Crippen molar-refractivity contribution in [3.8, 4) is 0 Å². The fraction of sp³-hybridized carbons (Fsp3) is 0.333. The van der Waals surface area contributed by atoms with Crippen LogP contribution in [0.5, 0.6) is 0 Å². The number of likely N-dealkylation sites (N-methyl/N-ethyl adjacent to an activating group) is 1. The monoisotopic (exact) mass is 286 g/mol. The first-order valence-corrected chi connectivity index (χ1v) is 7.71. The molecule has 1 unspecified atom stereocenters. The van der Waals surface area contributed by atoms with Gasteiger partial charge in [0.15, 0.2) is 0 Å². The Morgan fingerprint density at radius 1 is 1.35 bits per heavy atom. The van der Waals surface area contributed by atoms with E-state index in [1.54, 1.807) is 17.7 Å². The molecule has 0 bridgehead atoms. The summed E-state index contributed by atoms with van der Waals surface area (Å²) in [5.74, 6) is 1.03. The Hall–Kier alpha value is -1.72. The molecule has 1 aromatic carbocycles. The highest BCUT2D eigenvalue weighted by atomic mass is 32.1. The lowest BCUT2D eigenvalue weighted by atomic mass is 10.0. The molecule has 104 valence electrons. The molecule has 0 amide bonds. The minimum Gasteiger partial charge on any atom is -0.313 e. The number of aryl methyl sites for hydroxylation is 1. The van der Waals surface area contributed by atoms with E-state index in [1.165, 1.54) is 15.6 Å². The average molecular weight is 286 g/mol. The Balaban J connectivity index is 1.94. The predicted molar refractivity (Wildman–Crippen MR) is 83.0 cm³/mol. The van der Waals surface area contributed by atoms with E-state index in [-0.39, 0.29) is 6.04 Å². The molecular formula is C15H18N4S. The van der Waals surface area contributed by atoms with Crippen LogP contribution in [0.25, 0.3) is 10.1 Å². The van der Waals surface area contributed by atoms with E-state index in [2.05, 4.69) is 52.0 Å². The number of aromatic nitrogens is 3. The van der Waals surface area contributed by atoms with Crippen molar-refractivity contribution in [1.82, 2.24) is 20.1 Å².